The molecule has 1 aliphatic carbocycles. The predicted molar refractivity (Wildman–Crippen MR) is 111 cm³/mol. The highest BCUT2D eigenvalue weighted by Crippen LogP contribution is 2.40. The van der Waals surface area contributed by atoms with Crippen molar-refractivity contribution in [2.24, 2.45) is 5.92 Å². The van der Waals surface area contributed by atoms with Gasteiger partial charge >= 0.3 is 5.97 Å². The molecular weight excluding hydrogens is 352 g/mol. The summed E-state index contributed by atoms with van der Waals surface area (Å²) >= 11 is 0. The van der Waals surface area contributed by atoms with E-state index in [1.165, 1.54) is 12.7 Å². The van der Waals surface area contributed by atoms with Crippen molar-refractivity contribution in [2.45, 2.75) is 89.6 Å². The lowest BCUT2D eigenvalue weighted by Gasteiger charge is -2.20. The summed E-state index contributed by atoms with van der Waals surface area (Å²) in [4.78, 5) is 23.5. The molecule has 4 nitrogen and oxygen atoms in total. The third-order valence-corrected chi connectivity index (χ3v) is 6.06. The number of esters is 1. The van der Waals surface area contributed by atoms with Crippen LogP contribution in [0.5, 0.6) is 0 Å². The van der Waals surface area contributed by atoms with Crippen LogP contribution in [0.15, 0.2) is 24.3 Å². The van der Waals surface area contributed by atoms with E-state index < -0.39 is 0 Å². The minimum absolute atomic E-state index is 0.122. The normalized spacial score (nSPS) is 20.3. The number of hydrogen-bond donors (Lipinski definition) is 1. The maximum absolute atomic E-state index is 12.4. The SMILES string of the molecule is CCCCC(O)c1ccc([C@H]2CCC(=O)[C@@H]2CCCCCCC(=O)OC)cc1. The number of ether oxygens (including phenoxy) is 1. The molecule has 2 rings (SSSR count). The summed E-state index contributed by atoms with van der Waals surface area (Å²) in [5, 5.41) is 10.3. The maximum atomic E-state index is 12.4. The van der Waals surface area contributed by atoms with Crippen molar-refractivity contribution >= 4 is 11.8 Å². The van der Waals surface area contributed by atoms with Gasteiger partial charge < -0.3 is 9.84 Å². The van der Waals surface area contributed by atoms with Gasteiger partial charge in [-0.05, 0) is 42.7 Å². The molecule has 1 N–H and O–H groups in total. The predicted octanol–water partition coefficient (Wildman–Crippen LogP) is 5.49. The molecule has 0 radical (unpaired) electrons. The van der Waals surface area contributed by atoms with Crippen LogP contribution < -0.4 is 0 Å². The van der Waals surface area contributed by atoms with E-state index in [1.807, 2.05) is 12.1 Å². The summed E-state index contributed by atoms with van der Waals surface area (Å²) in [5.41, 5.74) is 2.21. The second-order valence-electron chi connectivity index (χ2n) is 8.07. The Kier molecular flexibility index (Phi) is 9.69. The quantitative estimate of drug-likeness (QED) is 0.380. The first-order valence-electron chi connectivity index (χ1n) is 10.9. The number of hydrogen-bond acceptors (Lipinski definition) is 4. The number of aliphatic hydroxyl groups is 1. The number of benzene rings is 1. The van der Waals surface area contributed by atoms with E-state index in [4.69, 9.17) is 0 Å². The van der Waals surface area contributed by atoms with Gasteiger partial charge in [-0.2, -0.15) is 0 Å². The van der Waals surface area contributed by atoms with Crippen LogP contribution in [0.2, 0.25) is 0 Å². The van der Waals surface area contributed by atoms with Crippen LogP contribution >= 0.6 is 0 Å². The third kappa shape index (κ3) is 6.73. The summed E-state index contributed by atoms with van der Waals surface area (Å²) in [5.74, 6) is 0.682. The molecule has 4 heteroatoms. The average molecular weight is 389 g/mol. The Bertz CT molecular complexity index is 608. The molecule has 0 heterocycles. The summed E-state index contributed by atoms with van der Waals surface area (Å²) in [7, 11) is 1.42. The fourth-order valence-corrected chi connectivity index (χ4v) is 4.29. The van der Waals surface area contributed by atoms with Crippen molar-refractivity contribution in [3.8, 4) is 0 Å². The van der Waals surface area contributed by atoms with Crippen molar-refractivity contribution in [1.29, 1.82) is 0 Å². The average Bonchev–Trinajstić information content (AvgIpc) is 3.09. The van der Waals surface area contributed by atoms with Crippen LogP contribution in [0, 0.1) is 5.92 Å². The molecule has 156 valence electrons. The molecule has 1 aromatic carbocycles. The highest BCUT2D eigenvalue weighted by molar-refractivity contribution is 5.84. The van der Waals surface area contributed by atoms with E-state index in [1.54, 1.807) is 0 Å². The van der Waals surface area contributed by atoms with Gasteiger partial charge in [-0.15, -0.1) is 0 Å². The number of rotatable bonds is 12. The zero-order valence-electron chi connectivity index (χ0n) is 17.5. The first kappa shape index (κ1) is 22.6. The molecule has 1 saturated carbocycles. The number of Topliss-reactive ketones (excluding diaryl/α,β-unsaturated/α-hetero) is 1. The molecule has 1 unspecified atom stereocenters. The number of carbonyl (C=O) groups excluding carboxylic acids is 2. The minimum Gasteiger partial charge on any atom is -0.469 e. The van der Waals surface area contributed by atoms with Gasteiger partial charge in [-0.3, -0.25) is 9.59 Å². The van der Waals surface area contributed by atoms with E-state index >= 15 is 0 Å². The van der Waals surface area contributed by atoms with Gasteiger partial charge in [0.1, 0.15) is 5.78 Å². The second-order valence-corrected chi connectivity index (χ2v) is 8.07. The van der Waals surface area contributed by atoms with Gasteiger partial charge in [0.2, 0.25) is 0 Å². The monoisotopic (exact) mass is 388 g/mol. The molecule has 0 bridgehead atoms. The highest BCUT2D eigenvalue weighted by Gasteiger charge is 2.34. The van der Waals surface area contributed by atoms with Crippen molar-refractivity contribution in [1.82, 2.24) is 0 Å². The number of carbonyl (C=O) groups is 2. The summed E-state index contributed by atoms with van der Waals surface area (Å²) in [6, 6.07) is 8.28. The van der Waals surface area contributed by atoms with Gasteiger partial charge in [0.05, 0.1) is 13.2 Å². The van der Waals surface area contributed by atoms with Crippen LogP contribution in [0.1, 0.15) is 101 Å². The second kappa shape index (κ2) is 12.0. The van der Waals surface area contributed by atoms with Gasteiger partial charge in [0.25, 0.3) is 0 Å². The van der Waals surface area contributed by atoms with Crippen LogP contribution in [0.4, 0.5) is 0 Å². The minimum atomic E-state index is -0.389. The Morgan fingerprint density at radius 3 is 2.54 bits per heavy atom. The topological polar surface area (TPSA) is 63.6 Å². The van der Waals surface area contributed by atoms with Crippen molar-refractivity contribution in [3.05, 3.63) is 35.4 Å². The zero-order valence-corrected chi connectivity index (χ0v) is 17.5. The maximum Gasteiger partial charge on any atom is 0.305 e. The van der Waals surface area contributed by atoms with Crippen LogP contribution in [-0.4, -0.2) is 24.0 Å². The molecule has 1 aliphatic rings. The number of methoxy groups -OCH3 is 1. The molecule has 0 aromatic heterocycles. The van der Waals surface area contributed by atoms with E-state index in [9.17, 15) is 14.7 Å². The van der Waals surface area contributed by atoms with Gasteiger partial charge in [-0.25, -0.2) is 0 Å². The molecule has 3 atom stereocenters. The lowest BCUT2D eigenvalue weighted by molar-refractivity contribution is -0.140. The molecule has 0 aliphatic heterocycles. The fourth-order valence-electron chi connectivity index (χ4n) is 4.29. The number of aliphatic hydroxyl groups excluding tert-OH is 1. The largest absolute Gasteiger partial charge is 0.469 e. The van der Waals surface area contributed by atoms with E-state index in [-0.39, 0.29) is 18.0 Å². The van der Waals surface area contributed by atoms with E-state index in [0.29, 0.717) is 24.5 Å². The summed E-state index contributed by atoms with van der Waals surface area (Å²) < 4.78 is 4.66. The molecule has 28 heavy (non-hydrogen) atoms. The Labute approximate surface area is 169 Å². The Balaban J connectivity index is 1.83. The van der Waals surface area contributed by atoms with Crippen LogP contribution in [0.3, 0.4) is 0 Å². The number of ketones is 1. The smallest absolute Gasteiger partial charge is 0.305 e. The molecular formula is C24H36O4. The Morgan fingerprint density at radius 2 is 1.86 bits per heavy atom. The molecule has 0 amide bonds. The van der Waals surface area contributed by atoms with Crippen molar-refractivity contribution in [3.63, 3.8) is 0 Å². The highest BCUT2D eigenvalue weighted by atomic mass is 16.5. The molecule has 1 aromatic rings. The standard InChI is InChI=1S/C24H36O4/c1-3-4-10-22(25)19-14-12-18(13-15-19)20-16-17-23(26)21(20)9-7-5-6-8-11-24(27)28-2/h12-15,20-22,25H,3-11,16-17H2,1-2H3/t20-,21-,22?/m1/s1. The fraction of sp³-hybridized carbons (Fsp3) is 0.667. The molecule has 0 saturated heterocycles. The van der Waals surface area contributed by atoms with Crippen LogP contribution in [-0.2, 0) is 14.3 Å². The van der Waals surface area contributed by atoms with Crippen molar-refractivity contribution in [2.75, 3.05) is 7.11 Å². The lowest BCUT2D eigenvalue weighted by Crippen LogP contribution is -2.13. The van der Waals surface area contributed by atoms with Crippen LogP contribution in [0.25, 0.3) is 0 Å². The first-order chi connectivity index (χ1) is 13.6. The van der Waals surface area contributed by atoms with E-state index in [2.05, 4.69) is 23.8 Å². The molecule has 0 spiro atoms. The Hall–Kier alpha value is -1.68. The first-order valence-corrected chi connectivity index (χ1v) is 10.9. The summed E-state index contributed by atoms with van der Waals surface area (Å²) in [6.45, 7) is 2.13. The summed E-state index contributed by atoms with van der Waals surface area (Å²) in [6.07, 6.45) is 9.50. The molecule has 1 fully saturated rings. The van der Waals surface area contributed by atoms with Gasteiger partial charge in [0.15, 0.2) is 0 Å². The van der Waals surface area contributed by atoms with Crippen molar-refractivity contribution < 1.29 is 19.4 Å². The van der Waals surface area contributed by atoms with Gasteiger partial charge in [-0.1, -0.05) is 63.3 Å². The Morgan fingerprint density at radius 1 is 1.14 bits per heavy atom. The third-order valence-electron chi connectivity index (χ3n) is 6.06. The van der Waals surface area contributed by atoms with E-state index in [0.717, 1.165) is 63.4 Å². The zero-order chi connectivity index (χ0) is 20.4. The number of unbranched alkanes of at least 4 members (excludes halogenated alkanes) is 4. The van der Waals surface area contributed by atoms with Gasteiger partial charge in [0, 0.05) is 18.8 Å². The lowest BCUT2D eigenvalue weighted by atomic mass is 9.84.